The fourth-order valence-corrected chi connectivity index (χ4v) is 3.02. The minimum absolute atomic E-state index is 0.0344. The molecule has 0 radical (unpaired) electrons. The fraction of sp³-hybridized carbons (Fsp3) is 0.348. The lowest BCUT2D eigenvalue weighted by molar-refractivity contribution is -0.119. The molecule has 9 heteroatoms. The van der Waals surface area contributed by atoms with Crippen molar-refractivity contribution in [1.29, 1.82) is 0 Å². The summed E-state index contributed by atoms with van der Waals surface area (Å²) in [5, 5.41) is 3.19. The van der Waals surface area contributed by atoms with Crippen molar-refractivity contribution in [1.82, 2.24) is 14.5 Å². The predicted molar refractivity (Wildman–Crippen MR) is 126 cm³/mol. The second-order valence-electron chi connectivity index (χ2n) is 7.25. The Bertz CT molecular complexity index is 985. The Kier molecular flexibility index (Phi) is 8.46. The fourth-order valence-electron chi connectivity index (χ4n) is 3.02. The van der Waals surface area contributed by atoms with Crippen molar-refractivity contribution >= 4 is 18.9 Å². The number of carbonyl (C=O) groups excluding carboxylic acids is 1. The van der Waals surface area contributed by atoms with E-state index in [1.807, 2.05) is 37.5 Å². The van der Waals surface area contributed by atoms with Crippen LogP contribution in [0.3, 0.4) is 0 Å². The number of hydrogen-bond donors (Lipinski definition) is 1. The molecular weight excluding hydrogens is 410 g/mol. The summed E-state index contributed by atoms with van der Waals surface area (Å²) in [6.07, 6.45) is 4.28. The number of nitrogens with zero attached hydrogens (tertiary/aromatic N) is 4. The summed E-state index contributed by atoms with van der Waals surface area (Å²) >= 11 is 0. The van der Waals surface area contributed by atoms with Gasteiger partial charge in [0.25, 0.3) is 0 Å². The highest BCUT2D eigenvalue weighted by atomic mass is 16.5. The smallest absolute Gasteiger partial charge is 0.210 e. The van der Waals surface area contributed by atoms with Gasteiger partial charge in [0, 0.05) is 41.7 Å². The van der Waals surface area contributed by atoms with Crippen LogP contribution >= 0.6 is 0 Å². The summed E-state index contributed by atoms with van der Waals surface area (Å²) in [5.74, 6) is 2.16. The second-order valence-corrected chi connectivity index (χ2v) is 7.25. The molecule has 1 heterocycles. The number of rotatable bonds is 12. The molecular formula is C23H31N5O4. The predicted octanol–water partition coefficient (Wildman–Crippen LogP) is 3.67. The summed E-state index contributed by atoms with van der Waals surface area (Å²) < 4.78 is 18.0. The van der Waals surface area contributed by atoms with Gasteiger partial charge >= 0.3 is 0 Å². The van der Waals surface area contributed by atoms with Crippen LogP contribution in [-0.4, -0.2) is 61.5 Å². The summed E-state index contributed by atoms with van der Waals surface area (Å²) in [6, 6.07) is 3.68. The first-order valence-corrected chi connectivity index (χ1v) is 9.97. The number of aromatic nitrogens is 2. The Hall–Kier alpha value is -3.75. The van der Waals surface area contributed by atoms with Crippen LogP contribution in [0.1, 0.15) is 20.8 Å². The number of carbonyl (C=O) groups is 1. The molecule has 0 fully saturated rings. The normalized spacial score (nSPS) is 11.5. The Labute approximate surface area is 189 Å². The number of benzene rings is 1. The standard InChI is InChI=1S/C23H31N5O4/c1-15(2)28(14-29)11-19(16(3)24-5)17(4)26-22-12-27(13-25-22)18-9-20(30-6)23(32-8)21(10-18)31-7/h9-10,12-15,26H,4-5,11H2,1-3,6-8H3/b19-16-. The van der Waals surface area contributed by atoms with Crippen LogP contribution in [0.2, 0.25) is 0 Å². The van der Waals surface area contributed by atoms with Crippen molar-refractivity contribution in [3.8, 4) is 22.9 Å². The van der Waals surface area contributed by atoms with Crippen molar-refractivity contribution in [2.75, 3.05) is 33.2 Å². The Morgan fingerprint density at radius 3 is 2.34 bits per heavy atom. The first kappa shape index (κ1) is 24.5. The van der Waals surface area contributed by atoms with E-state index in [2.05, 4.69) is 28.6 Å². The molecule has 2 rings (SSSR count). The average Bonchev–Trinajstić information content (AvgIpc) is 3.26. The molecule has 0 spiro atoms. The number of anilines is 1. The monoisotopic (exact) mass is 441 g/mol. The second kappa shape index (κ2) is 11.0. The van der Waals surface area contributed by atoms with E-state index < -0.39 is 0 Å². The van der Waals surface area contributed by atoms with Gasteiger partial charge in [-0.1, -0.05) is 6.58 Å². The SMILES string of the molecule is C=N/C(C)=C(/CN(C=O)C(C)C)C(=C)Nc1cn(-c2cc(OC)c(OC)c(OC)c2)cn1. The molecule has 172 valence electrons. The molecule has 0 aliphatic carbocycles. The minimum atomic E-state index is 0.0344. The van der Waals surface area contributed by atoms with Gasteiger partial charge in [-0.15, -0.1) is 0 Å². The maximum absolute atomic E-state index is 11.4. The van der Waals surface area contributed by atoms with E-state index in [-0.39, 0.29) is 6.04 Å². The maximum atomic E-state index is 11.4. The number of hydrogen-bond acceptors (Lipinski definition) is 7. The lowest BCUT2D eigenvalue weighted by Crippen LogP contribution is -2.32. The van der Waals surface area contributed by atoms with E-state index in [4.69, 9.17) is 14.2 Å². The average molecular weight is 442 g/mol. The van der Waals surface area contributed by atoms with E-state index in [0.717, 1.165) is 17.7 Å². The molecule has 0 saturated carbocycles. The number of allylic oxidation sites excluding steroid dienone is 1. The quantitative estimate of drug-likeness (QED) is 0.307. The van der Waals surface area contributed by atoms with Crippen LogP contribution in [0.15, 0.2) is 53.2 Å². The number of aliphatic imine (C=N–C) groups is 1. The molecule has 32 heavy (non-hydrogen) atoms. The van der Waals surface area contributed by atoms with Gasteiger partial charge in [-0.05, 0) is 27.5 Å². The number of nitrogens with one attached hydrogen (secondary N) is 1. The molecule has 0 atom stereocenters. The third-order valence-corrected chi connectivity index (χ3v) is 4.99. The van der Waals surface area contributed by atoms with Crippen LogP contribution in [-0.2, 0) is 4.79 Å². The van der Waals surface area contributed by atoms with Gasteiger partial charge in [0.1, 0.15) is 12.1 Å². The lowest BCUT2D eigenvalue weighted by Gasteiger charge is -2.25. The lowest BCUT2D eigenvalue weighted by atomic mass is 10.1. The molecule has 1 N–H and O–H groups in total. The van der Waals surface area contributed by atoms with Gasteiger partial charge in [0.15, 0.2) is 11.5 Å². The first-order chi connectivity index (χ1) is 15.3. The van der Waals surface area contributed by atoms with Gasteiger partial charge < -0.3 is 29.0 Å². The molecule has 0 aliphatic heterocycles. The Balaban J connectivity index is 2.31. The van der Waals surface area contributed by atoms with Gasteiger partial charge in [-0.2, -0.15) is 0 Å². The zero-order chi connectivity index (χ0) is 23.8. The van der Waals surface area contributed by atoms with Crippen molar-refractivity contribution in [2.24, 2.45) is 4.99 Å². The molecule has 0 saturated heterocycles. The molecule has 1 aromatic heterocycles. The third-order valence-electron chi connectivity index (χ3n) is 4.99. The van der Waals surface area contributed by atoms with E-state index in [1.54, 1.807) is 38.8 Å². The zero-order valence-electron chi connectivity index (χ0n) is 19.5. The van der Waals surface area contributed by atoms with E-state index in [1.165, 1.54) is 0 Å². The molecule has 0 aliphatic rings. The molecule has 9 nitrogen and oxygen atoms in total. The van der Waals surface area contributed by atoms with E-state index in [9.17, 15) is 4.79 Å². The molecule has 1 amide bonds. The minimum Gasteiger partial charge on any atom is -0.493 e. The third kappa shape index (κ3) is 5.48. The highest BCUT2D eigenvalue weighted by Gasteiger charge is 2.17. The molecule has 0 unspecified atom stereocenters. The van der Waals surface area contributed by atoms with Crippen molar-refractivity contribution in [3.63, 3.8) is 0 Å². The van der Waals surface area contributed by atoms with Crippen LogP contribution < -0.4 is 19.5 Å². The van der Waals surface area contributed by atoms with Crippen LogP contribution in [0.25, 0.3) is 5.69 Å². The largest absolute Gasteiger partial charge is 0.493 e. The molecule has 2 aromatic rings. The van der Waals surface area contributed by atoms with Gasteiger partial charge in [-0.25, -0.2) is 4.98 Å². The van der Waals surface area contributed by atoms with Crippen molar-refractivity contribution in [2.45, 2.75) is 26.8 Å². The van der Waals surface area contributed by atoms with Crippen molar-refractivity contribution in [3.05, 3.63) is 48.2 Å². The van der Waals surface area contributed by atoms with Gasteiger partial charge in [-0.3, -0.25) is 9.79 Å². The summed E-state index contributed by atoms with van der Waals surface area (Å²) in [6.45, 7) is 13.8. The zero-order valence-corrected chi connectivity index (χ0v) is 19.5. The molecule has 0 bridgehead atoms. The number of imidazole rings is 1. The van der Waals surface area contributed by atoms with Gasteiger partial charge in [0.2, 0.25) is 12.2 Å². The highest BCUT2D eigenvalue weighted by molar-refractivity contribution is 5.59. The van der Waals surface area contributed by atoms with Crippen LogP contribution in [0.4, 0.5) is 5.82 Å². The maximum Gasteiger partial charge on any atom is 0.210 e. The van der Waals surface area contributed by atoms with Crippen LogP contribution in [0, 0.1) is 0 Å². The summed E-state index contributed by atoms with van der Waals surface area (Å²) in [4.78, 5) is 21.5. The number of amides is 1. The van der Waals surface area contributed by atoms with E-state index in [0.29, 0.717) is 41.0 Å². The summed E-state index contributed by atoms with van der Waals surface area (Å²) in [5.41, 5.74) is 2.80. The Morgan fingerprint density at radius 2 is 1.88 bits per heavy atom. The number of methoxy groups -OCH3 is 3. The topological polar surface area (TPSA) is 90.2 Å². The Morgan fingerprint density at radius 1 is 1.25 bits per heavy atom. The van der Waals surface area contributed by atoms with Crippen LogP contribution in [0.5, 0.6) is 17.2 Å². The number of ether oxygens (including phenoxy) is 3. The van der Waals surface area contributed by atoms with Crippen molar-refractivity contribution < 1.29 is 19.0 Å². The first-order valence-electron chi connectivity index (χ1n) is 9.97. The molecule has 1 aromatic carbocycles. The van der Waals surface area contributed by atoms with Gasteiger partial charge in [0.05, 0.1) is 33.2 Å². The summed E-state index contributed by atoms with van der Waals surface area (Å²) in [7, 11) is 4.69. The van der Waals surface area contributed by atoms with E-state index >= 15 is 0 Å². The highest BCUT2D eigenvalue weighted by Crippen LogP contribution is 2.39.